The highest BCUT2D eigenvalue weighted by molar-refractivity contribution is 6.06. The number of carbonyl (C=O) groups is 1. The van der Waals surface area contributed by atoms with E-state index in [-0.39, 0.29) is 12.0 Å². The van der Waals surface area contributed by atoms with E-state index in [1.54, 1.807) is 0 Å². The van der Waals surface area contributed by atoms with Gasteiger partial charge in [0.05, 0.1) is 23.8 Å². The van der Waals surface area contributed by atoms with Crippen LogP contribution in [0.5, 0.6) is 0 Å². The van der Waals surface area contributed by atoms with Gasteiger partial charge in [-0.3, -0.25) is 14.7 Å². The summed E-state index contributed by atoms with van der Waals surface area (Å²) in [7, 11) is 0. The monoisotopic (exact) mass is 341 g/mol. The van der Waals surface area contributed by atoms with Gasteiger partial charge >= 0.3 is 0 Å². The lowest BCUT2D eigenvalue weighted by molar-refractivity contribution is -0.0295. The van der Waals surface area contributed by atoms with Gasteiger partial charge in [0.25, 0.3) is 5.91 Å². The van der Waals surface area contributed by atoms with Crippen molar-refractivity contribution in [3.05, 3.63) is 41.6 Å². The van der Waals surface area contributed by atoms with Gasteiger partial charge in [-0.2, -0.15) is 0 Å². The summed E-state index contributed by atoms with van der Waals surface area (Å²) < 4.78 is 5.82. The average Bonchev–Trinajstić information content (AvgIpc) is 2.58. The fourth-order valence-corrected chi connectivity index (χ4v) is 3.38. The number of aryl methyl sites for hydroxylation is 1. The number of pyridine rings is 1. The molecule has 0 saturated carbocycles. The minimum Gasteiger partial charge on any atom is -0.374 e. The van der Waals surface area contributed by atoms with E-state index in [0.717, 1.165) is 42.8 Å². The van der Waals surface area contributed by atoms with Gasteiger partial charge in [0.2, 0.25) is 0 Å². The predicted molar refractivity (Wildman–Crippen MR) is 99.8 cm³/mol. The summed E-state index contributed by atoms with van der Waals surface area (Å²) >= 11 is 0. The van der Waals surface area contributed by atoms with Crippen molar-refractivity contribution in [3.63, 3.8) is 0 Å². The molecule has 1 aliphatic heterocycles. The summed E-state index contributed by atoms with van der Waals surface area (Å²) in [6.45, 7) is 10.5. The first kappa shape index (κ1) is 17.8. The number of aromatic nitrogens is 1. The van der Waals surface area contributed by atoms with Gasteiger partial charge in [0, 0.05) is 37.3 Å². The minimum atomic E-state index is -0.0636. The molecule has 1 saturated heterocycles. The molecule has 3 rings (SSSR count). The fraction of sp³-hybridized carbons (Fsp3) is 0.500. The van der Waals surface area contributed by atoms with Crippen molar-refractivity contribution < 1.29 is 9.53 Å². The fourth-order valence-electron chi connectivity index (χ4n) is 3.38. The largest absolute Gasteiger partial charge is 0.374 e. The van der Waals surface area contributed by atoms with Crippen LogP contribution in [0.2, 0.25) is 0 Å². The maximum atomic E-state index is 12.7. The van der Waals surface area contributed by atoms with E-state index in [2.05, 4.69) is 29.0 Å². The van der Waals surface area contributed by atoms with Crippen LogP contribution in [0.1, 0.15) is 29.9 Å². The standard InChI is InChI=1S/C20H27N3O2/c1-14(2)12-23-8-9-25-16(13-23)11-21-20(24)18-10-15(3)22-19-7-5-4-6-17(18)19/h4-7,10,14,16H,8-9,11-13H2,1-3H3,(H,21,24)/t16-/m1/s1. The summed E-state index contributed by atoms with van der Waals surface area (Å²) in [5, 5.41) is 3.93. The van der Waals surface area contributed by atoms with Crippen LogP contribution in [-0.2, 0) is 4.74 Å². The molecule has 1 atom stereocenters. The van der Waals surface area contributed by atoms with Gasteiger partial charge in [-0.05, 0) is 25.0 Å². The Bertz CT molecular complexity index is 745. The Morgan fingerprint density at radius 1 is 1.40 bits per heavy atom. The zero-order valence-electron chi connectivity index (χ0n) is 15.3. The van der Waals surface area contributed by atoms with Crippen LogP contribution in [0, 0.1) is 12.8 Å². The van der Waals surface area contributed by atoms with Crippen LogP contribution < -0.4 is 5.32 Å². The van der Waals surface area contributed by atoms with E-state index in [4.69, 9.17) is 4.74 Å². The summed E-state index contributed by atoms with van der Waals surface area (Å²) in [6.07, 6.45) is 0.0469. The molecular weight excluding hydrogens is 314 g/mol. The van der Waals surface area contributed by atoms with E-state index in [9.17, 15) is 4.79 Å². The zero-order chi connectivity index (χ0) is 17.8. The number of carbonyl (C=O) groups excluding carboxylic acids is 1. The molecule has 134 valence electrons. The molecule has 1 fully saturated rings. The maximum Gasteiger partial charge on any atom is 0.252 e. The molecule has 1 aromatic heterocycles. The number of benzene rings is 1. The molecule has 0 aliphatic carbocycles. The molecule has 0 unspecified atom stereocenters. The molecule has 25 heavy (non-hydrogen) atoms. The third-order valence-corrected chi connectivity index (χ3v) is 4.43. The highest BCUT2D eigenvalue weighted by atomic mass is 16.5. The Hall–Kier alpha value is -1.98. The number of hydrogen-bond donors (Lipinski definition) is 1. The predicted octanol–water partition coefficient (Wildman–Crippen LogP) is 2.63. The maximum absolute atomic E-state index is 12.7. The number of morpholine rings is 1. The van der Waals surface area contributed by atoms with E-state index < -0.39 is 0 Å². The van der Waals surface area contributed by atoms with E-state index in [0.29, 0.717) is 18.0 Å². The van der Waals surface area contributed by atoms with Crippen molar-refractivity contribution in [2.75, 3.05) is 32.8 Å². The molecule has 1 aliphatic rings. The number of hydrogen-bond acceptors (Lipinski definition) is 4. The molecule has 0 spiro atoms. The quantitative estimate of drug-likeness (QED) is 0.908. The second kappa shape index (κ2) is 7.93. The molecule has 5 heteroatoms. The lowest BCUT2D eigenvalue weighted by atomic mass is 10.1. The molecule has 1 aromatic carbocycles. The highest BCUT2D eigenvalue weighted by Gasteiger charge is 2.22. The van der Waals surface area contributed by atoms with Crippen molar-refractivity contribution in [2.24, 2.45) is 5.92 Å². The lowest BCUT2D eigenvalue weighted by Gasteiger charge is -2.34. The van der Waals surface area contributed by atoms with E-state index in [1.807, 2.05) is 37.3 Å². The Labute approximate surface area is 149 Å². The second-order valence-corrected chi connectivity index (χ2v) is 7.18. The van der Waals surface area contributed by atoms with Crippen LogP contribution >= 0.6 is 0 Å². The second-order valence-electron chi connectivity index (χ2n) is 7.18. The number of nitrogens with zero attached hydrogens (tertiary/aromatic N) is 2. The molecule has 2 heterocycles. The number of rotatable bonds is 5. The van der Waals surface area contributed by atoms with E-state index in [1.165, 1.54) is 0 Å². The van der Waals surface area contributed by atoms with Crippen LogP contribution in [0.15, 0.2) is 30.3 Å². The van der Waals surface area contributed by atoms with Gasteiger partial charge in [0.15, 0.2) is 0 Å². The SMILES string of the molecule is Cc1cc(C(=O)NC[C@@H]2CN(CC(C)C)CCO2)c2ccccc2n1. The average molecular weight is 341 g/mol. The first-order chi connectivity index (χ1) is 12.0. The van der Waals surface area contributed by atoms with Crippen molar-refractivity contribution in [1.29, 1.82) is 0 Å². The molecule has 0 radical (unpaired) electrons. The van der Waals surface area contributed by atoms with Crippen LogP contribution in [-0.4, -0.2) is 54.7 Å². The Morgan fingerprint density at radius 2 is 2.20 bits per heavy atom. The van der Waals surface area contributed by atoms with Gasteiger partial charge < -0.3 is 10.1 Å². The van der Waals surface area contributed by atoms with Gasteiger partial charge in [-0.1, -0.05) is 32.0 Å². The summed E-state index contributed by atoms with van der Waals surface area (Å²) in [4.78, 5) is 19.6. The molecule has 5 nitrogen and oxygen atoms in total. The van der Waals surface area contributed by atoms with Crippen LogP contribution in [0.25, 0.3) is 10.9 Å². The van der Waals surface area contributed by atoms with E-state index >= 15 is 0 Å². The topological polar surface area (TPSA) is 54.5 Å². The first-order valence-electron chi connectivity index (χ1n) is 9.01. The third-order valence-electron chi connectivity index (χ3n) is 4.43. The van der Waals surface area contributed by atoms with Gasteiger partial charge in [-0.25, -0.2) is 0 Å². The molecule has 0 bridgehead atoms. The number of amides is 1. The zero-order valence-corrected chi connectivity index (χ0v) is 15.3. The number of nitrogens with one attached hydrogen (secondary N) is 1. The Morgan fingerprint density at radius 3 is 3.00 bits per heavy atom. The van der Waals surface area contributed by atoms with Crippen molar-refractivity contribution in [1.82, 2.24) is 15.2 Å². The van der Waals surface area contributed by atoms with Crippen LogP contribution in [0.4, 0.5) is 0 Å². The Balaban J connectivity index is 1.65. The summed E-state index contributed by atoms with van der Waals surface area (Å²) in [5.74, 6) is 0.575. The lowest BCUT2D eigenvalue weighted by Crippen LogP contribution is -2.48. The van der Waals surface area contributed by atoms with Crippen molar-refractivity contribution in [2.45, 2.75) is 26.9 Å². The molecule has 1 amide bonds. The van der Waals surface area contributed by atoms with Crippen molar-refractivity contribution >= 4 is 16.8 Å². The minimum absolute atomic E-state index is 0.0469. The number of fused-ring (bicyclic) bond motifs is 1. The molecular formula is C20H27N3O2. The van der Waals surface area contributed by atoms with Crippen LogP contribution in [0.3, 0.4) is 0 Å². The third kappa shape index (κ3) is 4.55. The summed E-state index contributed by atoms with van der Waals surface area (Å²) in [6, 6.07) is 9.61. The highest BCUT2D eigenvalue weighted by Crippen LogP contribution is 2.18. The first-order valence-corrected chi connectivity index (χ1v) is 9.01. The molecule has 1 N–H and O–H groups in total. The normalized spacial score (nSPS) is 18.6. The Kier molecular flexibility index (Phi) is 5.66. The number of ether oxygens (including phenoxy) is 1. The summed E-state index contributed by atoms with van der Waals surface area (Å²) in [5.41, 5.74) is 2.38. The number of para-hydroxylation sites is 1. The molecule has 2 aromatic rings. The smallest absolute Gasteiger partial charge is 0.252 e. The van der Waals surface area contributed by atoms with Gasteiger partial charge in [0.1, 0.15) is 0 Å². The van der Waals surface area contributed by atoms with Crippen molar-refractivity contribution in [3.8, 4) is 0 Å². The van der Waals surface area contributed by atoms with Gasteiger partial charge in [-0.15, -0.1) is 0 Å².